The number of benzene rings is 1. The van der Waals surface area contributed by atoms with Gasteiger partial charge in [0.2, 0.25) is 0 Å². The van der Waals surface area contributed by atoms with E-state index in [1.165, 1.54) is 13.3 Å². The van der Waals surface area contributed by atoms with E-state index in [9.17, 15) is 9.59 Å². The summed E-state index contributed by atoms with van der Waals surface area (Å²) in [4.78, 5) is 25.2. The van der Waals surface area contributed by atoms with Crippen LogP contribution in [0.1, 0.15) is 12.0 Å². The van der Waals surface area contributed by atoms with E-state index in [-0.39, 0.29) is 35.5 Å². The average molecular weight is 326 g/mol. The first kappa shape index (κ1) is 14.9. The first-order valence-corrected chi connectivity index (χ1v) is 7.96. The molecule has 0 N–H and O–H groups in total. The third-order valence-corrected chi connectivity index (χ3v) is 5.19. The Bertz CT molecular complexity index is 740. The molecule has 0 radical (unpaired) electrons. The Morgan fingerprint density at radius 3 is 2.33 bits per heavy atom. The third kappa shape index (κ3) is 1.99. The molecular weight excluding hydrogens is 308 g/mol. The topological polar surface area (TPSA) is 68.2 Å². The highest BCUT2D eigenvalue weighted by atomic mass is 16.5. The fraction of sp³-hybridized carbons (Fsp3) is 0.389. The minimum atomic E-state index is -0.239. The fourth-order valence-electron chi connectivity index (χ4n) is 4.13. The van der Waals surface area contributed by atoms with E-state index in [2.05, 4.69) is 17.3 Å². The number of methoxy groups -OCH3 is 2. The molecule has 2 bridgehead atoms. The van der Waals surface area contributed by atoms with Crippen molar-refractivity contribution in [3.63, 3.8) is 0 Å². The molecule has 4 unspecified atom stereocenters. The SMILES string of the molecule is COc1cccc(C=NN2C(=O)C3C4C=CC(C4)C3C2=O)c1OC. The summed E-state index contributed by atoms with van der Waals surface area (Å²) >= 11 is 0. The van der Waals surface area contributed by atoms with Crippen molar-refractivity contribution < 1.29 is 19.1 Å². The Labute approximate surface area is 139 Å². The second-order valence-electron chi connectivity index (χ2n) is 6.32. The molecule has 1 aliphatic heterocycles. The van der Waals surface area contributed by atoms with E-state index in [1.54, 1.807) is 25.3 Å². The molecular formula is C18H18N2O4. The second kappa shape index (κ2) is 5.47. The van der Waals surface area contributed by atoms with E-state index in [0.717, 1.165) is 11.4 Å². The number of nitrogens with zero attached hydrogens (tertiary/aromatic N) is 2. The predicted molar refractivity (Wildman–Crippen MR) is 86.7 cm³/mol. The van der Waals surface area contributed by atoms with Crippen molar-refractivity contribution in [1.29, 1.82) is 0 Å². The van der Waals surface area contributed by atoms with Crippen LogP contribution in [0, 0.1) is 23.7 Å². The van der Waals surface area contributed by atoms with Crippen LogP contribution in [0.25, 0.3) is 0 Å². The van der Waals surface area contributed by atoms with E-state index in [1.807, 2.05) is 0 Å². The number of para-hydroxylation sites is 1. The van der Waals surface area contributed by atoms with Gasteiger partial charge in [0.05, 0.1) is 32.3 Å². The number of hydrogen-bond donors (Lipinski definition) is 0. The number of rotatable bonds is 4. The molecule has 6 nitrogen and oxygen atoms in total. The maximum atomic E-state index is 12.6. The van der Waals surface area contributed by atoms with E-state index < -0.39 is 0 Å². The molecule has 3 aliphatic rings. The lowest BCUT2D eigenvalue weighted by Crippen LogP contribution is -2.28. The molecule has 0 aromatic heterocycles. The van der Waals surface area contributed by atoms with Gasteiger partial charge in [-0.2, -0.15) is 10.1 Å². The molecule has 124 valence electrons. The van der Waals surface area contributed by atoms with Gasteiger partial charge in [0, 0.05) is 5.56 Å². The van der Waals surface area contributed by atoms with Crippen LogP contribution in [-0.2, 0) is 9.59 Å². The zero-order valence-electron chi connectivity index (χ0n) is 13.5. The number of carbonyl (C=O) groups is 2. The lowest BCUT2D eigenvalue weighted by Gasteiger charge is -2.13. The number of carbonyl (C=O) groups excluding carboxylic acids is 2. The molecule has 1 aromatic carbocycles. The summed E-state index contributed by atoms with van der Waals surface area (Å²) in [5, 5.41) is 5.19. The van der Waals surface area contributed by atoms with Gasteiger partial charge in [0.25, 0.3) is 11.8 Å². The molecule has 4 atom stereocenters. The van der Waals surface area contributed by atoms with Gasteiger partial charge in [-0.3, -0.25) is 9.59 Å². The number of fused-ring (bicyclic) bond motifs is 5. The summed E-state index contributed by atoms with van der Waals surface area (Å²) in [6, 6.07) is 5.37. The highest BCUT2D eigenvalue weighted by molar-refractivity contribution is 6.07. The summed E-state index contributed by atoms with van der Waals surface area (Å²) in [6.45, 7) is 0. The fourth-order valence-corrected chi connectivity index (χ4v) is 4.13. The Balaban J connectivity index is 1.62. The van der Waals surface area contributed by atoms with Crippen molar-refractivity contribution in [2.45, 2.75) is 6.42 Å². The summed E-state index contributed by atoms with van der Waals surface area (Å²) < 4.78 is 10.6. The number of amides is 2. The van der Waals surface area contributed by atoms with Gasteiger partial charge in [0.15, 0.2) is 11.5 Å². The van der Waals surface area contributed by atoms with Gasteiger partial charge in [-0.05, 0) is 30.4 Å². The van der Waals surface area contributed by atoms with Gasteiger partial charge in [-0.15, -0.1) is 0 Å². The Hall–Kier alpha value is -2.63. The van der Waals surface area contributed by atoms with Gasteiger partial charge in [0.1, 0.15) is 0 Å². The summed E-state index contributed by atoms with van der Waals surface area (Å²) in [5.74, 6) is 0.587. The first-order valence-electron chi connectivity index (χ1n) is 7.96. The molecule has 1 saturated heterocycles. The highest BCUT2D eigenvalue weighted by Crippen LogP contribution is 2.52. The minimum absolute atomic E-state index is 0.183. The van der Waals surface area contributed by atoms with Crippen molar-refractivity contribution >= 4 is 18.0 Å². The van der Waals surface area contributed by atoms with Crippen molar-refractivity contribution in [2.75, 3.05) is 14.2 Å². The van der Waals surface area contributed by atoms with Crippen LogP contribution in [0.2, 0.25) is 0 Å². The van der Waals surface area contributed by atoms with Gasteiger partial charge < -0.3 is 9.47 Å². The summed E-state index contributed by atoms with van der Waals surface area (Å²) in [7, 11) is 3.09. The molecule has 2 fully saturated rings. The van der Waals surface area contributed by atoms with Crippen LogP contribution in [0.4, 0.5) is 0 Å². The number of imide groups is 1. The van der Waals surface area contributed by atoms with Gasteiger partial charge >= 0.3 is 0 Å². The monoisotopic (exact) mass is 326 g/mol. The first-order chi connectivity index (χ1) is 11.7. The Morgan fingerprint density at radius 2 is 1.75 bits per heavy atom. The molecule has 1 heterocycles. The lowest BCUT2D eigenvalue weighted by atomic mass is 9.85. The molecule has 2 amide bonds. The Kier molecular flexibility index (Phi) is 3.40. The smallest absolute Gasteiger partial charge is 0.254 e. The zero-order valence-corrected chi connectivity index (χ0v) is 13.5. The van der Waals surface area contributed by atoms with Crippen LogP contribution in [0.15, 0.2) is 35.5 Å². The van der Waals surface area contributed by atoms with Crippen molar-refractivity contribution in [3.8, 4) is 11.5 Å². The summed E-state index contributed by atoms with van der Waals surface area (Å²) in [5.41, 5.74) is 0.649. The van der Waals surface area contributed by atoms with Crippen molar-refractivity contribution in [3.05, 3.63) is 35.9 Å². The molecule has 1 saturated carbocycles. The van der Waals surface area contributed by atoms with Crippen LogP contribution < -0.4 is 9.47 Å². The second-order valence-corrected chi connectivity index (χ2v) is 6.32. The van der Waals surface area contributed by atoms with Crippen LogP contribution in [0.5, 0.6) is 11.5 Å². The van der Waals surface area contributed by atoms with E-state index >= 15 is 0 Å². The molecule has 4 rings (SSSR count). The number of ether oxygens (including phenoxy) is 2. The molecule has 2 aliphatic carbocycles. The molecule has 0 spiro atoms. The number of allylic oxidation sites excluding steroid dienone is 2. The third-order valence-electron chi connectivity index (χ3n) is 5.19. The summed E-state index contributed by atoms with van der Waals surface area (Å²) in [6.07, 6.45) is 6.52. The quantitative estimate of drug-likeness (QED) is 0.481. The highest BCUT2D eigenvalue weighted by Gasteiger charge is 2.59. The maximum Gasteiger partial charge on any atom is 0.254 e. The predicted octanol–water partition coefficient (Wildman–Crippen LogP) is 1.84. The minimum Gasteiger partial charge on any atom is -0.493 e. The Morgan fingerprint density at radius 1 is 1.08 bits per heavy atom. The standard InChI is InChI=1S/C18H18N2O4/c1-23-13-5-3-4-12(16(13)24-2)9-19-20-17(21)14-10-6-7-11(8-10)15(14)18(20)22/h3-7,9-11,14-15H,8H2,1-2H3. The van der Waals surface area contributed by atoms with Crippen molar-refractivity contribution in [1.82, 2.24) is 5.01 Å². The maximum absolute atomic E-state index is 12.6. The van der Waals surface area contributed by atoms with Gasteiger partial charge in [-0.1, -0.05) is 18.2 Å². The van der Waals surface area contributed by atoms with Crippen molar-refractivity contribution in [2.24, 2.45) is 28.8 Å². The van der Waals surface area contributed by atoms with Crippen LogP contribution >= 0.6 is 0 Å². The van der Waals surface area contributed by atoms with Crippen LogP contribution in [-0.4, -0.2) is 37.3 Å². The average Bonchev–Trinajstić information content (AvgIpc) is 3.27. The van der Waals surface area contributed by atoms with E-state index in [4.69, 9.17) is 9.47 Å². The molecule has 6 heteroatoms. The molecule has 1 aromatic rings. The molecule has 24 heavy (non-hydrogen) atoms. The van der Waals surface area contributed by atoms with Gasteiger partial charge in [-0.25, -0.2) is 0 Å². The normalized spacial score (nSPS) is 30.5. The largest absolute Gasteiger partial charge is 0.493 e. The lowest BCUT2D eigenvalue weighted by molar-refractivity contribution is -0.140. The zero-order chi connectivity index (χ0) is 16.8. The number of hydrazone groups is 1. The number of hydrogen-bond acceptors (Lipinski definition) is 5. The van der Waals surface area contributed by atoms with Crippen LogP contribution in [0.3, 0.4) is 0 Å². The van der Waals surface area contributed by atoms with E-state index in [0.29, 0.717) is 17.1 Å².